The molecule has 2 amide bonds. The van der Waals surface area contributed by atoms with Crippen LogP contribution in [0.15, 0.2) is 0 Å². The van der Waals surface area contributed by atoms with Gasteiger partial charge in [-0.15, -0.1) is 0 Å². The van der Waals surface area contributed by atoms with Gasteiger partial charge in [0.1, 0.15) is 0 Å². The molecule has 116 valence electrons. The molecule has 0 saturated carbocycles. The smallest absolute Gasteiger partial charge is 0.317 e. The van der Waals surface area contributed by atoms with Crippen LogP contribution in [0.2, 0.25) is 0 Å². The van der Waals surface area contributed by atoms with Crippen molar-refractivity contribution >= 4 is 12.0 Å². The number of carbonyl (C=O) groups excluding carboxylic acids is 1. The summed E-state index contributed by atoms with van der Waals surface area (Å²) in [6.45, 7) is 8.26. The normalized spacial score (nSPS) is 17.8. The minimum atomic E-state index is -0.782. The number of hydrogen-bond acceptors (Lipinski definition) is 4. The molecule has 1 unspecified atom stereocenters. The number of nitrogens with one attached hydrogen (secondary N) is 1. The van der Waals surface area contributed by atoms with E-state index in [2.05, 4.69) is 10.2 Å². The maximum absolute atomic E-state index is 11.9. The first-order chi connectivity index (χ1) is 9.52. The zero-order valence-electron chi connectivity index (χ0n) is 12.3. The van der Waals surface area contributed by atoms with Gasteiger partial charge in [-0.2, -0.15) is 0 Å². The van der Waals surface area contributed by atoms with E-state index < -0.39 is 5.97 Å². The Kier molecular flexibility index (Phi) is 7.32. The van der Waals surface area contributed by atoms with Gasteiger partial charge in [0.15, 0.2) is 0 Å². The molecule has 0 aromatic carbocycles. The number of nitrogens with zero attached hydrogens (tertiary/aromatic N) is 2. The number of rotatable bonds is 7. The van der Waals surface area contributed by atoms with Crippen LogP contribution >= 0.6 is 0 Å². The molecule has 0 aromatic heterocycles. The molecular formula is C13H25N3O4. The number of ether oxygens (including phenoxy) is 1. The third-order valence-corrected chi connectivity index (χ3v) is 3.29. The van der Waals surface area contributed by atoms with Gasteiger partial charge in [-0.3, -0.25) is 9.69 Å². The van der Waals surface area contributed by atoms with E-state index >= 15 is 0 Å². The van der Waals surface area contributed by atoms with E-state index in [1.54, 1.807) is 4.90 Å². The maximum atomic E-state index is 11.9. The summed E-state index contributed by atoms with van der Waals surface area (Å²) < 4.78 is 5.35. The topological polar surface area (TPSA) is 82.1 Å². The van der Waals surface area contributed by atoms with Crippen LogP contribution in [-0.2, 0) is 9.53 Å². The van der Waals surface area contributed by atoms with Gasteiger partial charge >= 0.3 is 12.0 Å². The van der Waals surface area contributed by atoms with Gasteiger partial charge in [0.25, 0.3) is 0 Å². The van der Waals surface area contributed by atoms with Crippen molar-refractivity contribution in [2.24, 2.45) is 0 Å². The lowest BCUT2D eigenvalue weighted by atomic mass is 10.3. The minimum absolute atomic E-state index is 0.0146. The first kappa shape index (κ1) is 16.7. The van der Waals surface area contributed by atoms with E-state index in [0.717, 1.165) is 13.1 Å². The highest BCUT2D eigenvalue weighted by Crippen LogP contribution is 2.03. The highest BCUT2D eigenvalue weighted by molar-refractivity contribution is 5.74. The lowest BCUT2D eigenvalue weighted by molar-refractivity contribution is -0.137. The Bertz CT molecular complexity index is 317. The Morgan fingerprint density at radius 1 is 1.30 bits per heavy atom. The number of urea groups is 1. The molecule has 0 radical (unpaired) electrons. The number of carbonyl (C=O) groups is 2. The van der Waals surface area contributed by atoms with E-state index in [1.165, 1.54) is 0 Å². The fourth-order valence-corrected chi connectivity index (χ4v) is 2.11. The summed E-state index contributed by atoms with van der Waals surface area (Å²) in [6.07, 6.45) is 0.165. The minimum Gasteiger partial charge on any atom is -0.481 e. The lowest BCUT2D eigenvalue weighted by Crippen LogP contribution is -2.52. The first-order valence-corrected chi connectivity index (χ1v) is 7.11. The van der Waals surface area contributed by atoms with Crippen molar-refractivity contribution in [2.75, 3.05) is 45.9 Å². The Hall–Kier alpha value is -1.34. The maximum Gasteiger partial charge on any atom is 0.317 e. The molecule has 2 N–H and O–H groups in total. The van der Waals surface area contributed by atoms with Crippen LogP contribution in [-0.4, -0.2) is 78.9 Å². The van der Waals surface area contributed by atoms with Crippen molar-refractivity contribution in [3.63, 3.8) is 0 Å². The Morgan fingerprint density at radius 2 is 1.95 bits per heavy atom. The van der Waals surface area contributed by atoms with Crippen LogP contribution in [0.25, 0.3) is 0 Å². The summed E-state index contributed by atoms with van der Waals surface area (Å²) in [5.74, 6) is -0.782. The summed E-state index contributed by atoms with van der Waals surface area (Å²) in [5.41, 5.74) is 0. The second-order valence-corrected chi connectivity index (χ2v) is 4.92. The molecule has 1 aliphatic heterocycles. The largest absolute Gasteiger partial charge is 0.481 e. The van der Waals surface area contributed by atoms with Gasteiger partial charge < -0.3 is 20.1 Å². The first-order valence-electron chi connectivity index (χ1n) is 7.11. The van der Waals surface area contributed by atoms with Crippen LogP contribution in [0, 0.1) is 0 Å². The average molecular weight is 287 g/mol. The SMILES string of the molecule is CCOC(C)CNC(=O)N1CCN(CCC(=O)O)CC1. The van der Waals surface area contributed by atoms with Crippen LogP contribution in [0.4, 0.5) is 4.79 Å². The summed E-state index contributed by atoms with van der Waals surface area (Å²) in [4.78, 5) is 26.3. The molecule has 0 bridgehead atoms. The van der Waals surface area contributed by atoms with Crippen LogP contribution < -0.4 is 5.32 Å². The molecule has 1 rings (SSSR count). The van der Waals surface area contributed by atoms with Crippen molar-refractivity contribution in [3.05, 3.63) is 0 Å². The standard InChI is InChI=1S/C13H25N3O4/c1-3-20-11(2)10-14-13(19)16-8-6-15(7-9-16)5-4-12(17)18/h11H,3-10H2,1-2H3,(H,14,19)(H,17,18). The van der Waals surface area contributed by atoms with Crippen LogP contribution in [0.1, 0.15) is 20.3 Å². The van der Waals surface area contributed by atoms with E-state index in [0.29, 0.717) is 32.8 Å². The fourth-order valence-electron chi connectivity index (χ4n) is 2.11. The number of hydrogen-bond donors (Lipinski definition) is 2. The van der Waals surface area contributed by atoms with Gasteiger partial charge in [-0.1, -0.05) is 0 Å². The van der Waals surface area contributed by atoms with Crippen LogP contribution in [0.5, 0.6) is 0 Å². The van der Waals surface area contributed by atoms with Gasteiger partial charge in [-0.25, -0.2) is 4.79 Å². The lowest BCUT2D eigenvalue weighted by Gasteiger charge is -2.34. The number of carboxylic acid groups (broad SMARTS) is 1. The average Bonchev–Trinajstić information content (AvgIpc) is 2.43. The predicted octanol–water partition coefficient (Wildman–Crippen LogP) is 0.213. The van der Waals surface area contributed by atoms with E-state index in [-0.39, 0.29) is 18.6 Å². The molecule has 1 atom stereocenters. The summed E-state index contributed by atoms with van der Waals surface area (Å²) in [5, 5.41) is 11.5. The molecule has 7 heteroatoms. The molecular weight excluding hydrogens is 262 g/mol. The predicted molar refractivity (Wildman–Crippen MR) is 74.8 cm³/mol. The molecule has 1 fully saturated rings. The zero-order valence-corrected chi connectivity index (χ0v) is 12.3. The summed E-state index contributed by atoms with van der Waals surface area (Å²) >= 11 is 0. The molecule has 0 aromatic rings. The quantitative estimate of drug-likeness (QED) is 0.699. The summed E-state index contributed by atoms with van der Waals surface area (Å²) in [6, 6.07) is -0.0746. The highest BCUT2D eigenvalue weighted by Gasteiger charge is 2.21. The third kappa shape index (κ3) is 6.21. The Balaban J connectivity index is 2.20. The van der Waals surface area contributed by atoms with E-state index in [1.807, 2.05) is 13.8 Å². The monoisotopic (exact) mass is 287 g/mol. The van der Waals surface area contributed by atoms with E-state index in [4.69, 9.17) is 9.84 Å². The van der Waals surface area contributed by atoms with Crippen LogP contribution in [0.3, 0.4) is 0 Å². The molecule has 1 heterocycles. The summed E-state index contributed by atoms with van der Waals surface area (Å²) in [7, 11) is 0. The highest BCUT2D eigenvalue weighted by atomic mass is 16.5. The van der Waals surface area contributed by atoms with E-state index in [9.17, 15) is 9.59 Å². The second kappa shape index (κ2) is 8.76. The molecule has 1 aliphatic rings. The fraction of sp³-hybridized carbons (Fsp3) is 0.846. The third-order valence-electron chi connectivity index (χ3n) is 3.29. The van der Waals surface area contributed by atoms with Crippen molar-refractivity contribution in [1.82, 2.24) is 15.1 Å². The Morgan fingerprint density at radius 3 is 2.50 bits per heavy atom. The van der Waals surface area contributed by atoms with Crippen molar-refractivity contribution < 1.29 is 19.4 Å². The van der Waals surface area contributed by atoms with Crippen molar-refractivity contribution in [1.29, 1.82) is 0 Å². The number of amides is 2. The molecule has 20 heavy (non-hydrogen) atoms. The number of piperazine rings is 1. The van der Waals surface area contributed by atoms with Crippen molar-refractivity contribution in [3.8, 4) is 0 Å². The van der Waals surface area contributed by atoms with Gasteiger partial charge in [-0.05, 0) is 13.8 Å². The second-order valence-electron chi connectivity index (χ2n) is 4.92. The number of aliphatic carboxylic acids is 1. The molecule has 0 aliphatic carbocycles. The molecule has 0 spiro atoms. The van der Waals surface area contributed by atoms with Gasteiger partial charge in [0.2, 0.25) is 0 Å². The van der Waals surface area contributed by atoms with Gasteiger partial charge in [0.05, 0.1) is 12.5 Å². The number of carboxylic acids is 1. The molecule has 1 saturated heterocycles. The molecule has 7 nitrogen and oxygen atoms in total. The van der Waals surface area contributed by atoms with Crippen molar-refractivity contribution in [2.45, 2.75) is 26.4 Å². The zero-order chi connectivity index (χ0) is 15.0. The Labute approximate surface area is 119 Å². The van der Waals surface area contributed by atoms with Gasteiger partial charge in [0, 0.05) is 45.9 Å².